The fraction of sp³-hybridized carbons (Fsp3) is 0.500. The maximum absolute atomic E-state index is 13.2. The van der Waals surface area contributed by atoms with Crippen LogP contribution in [0.2, 0.25) is 0 Å². The van der Waals surface area contributed by atoms with Gasteiger partial charge >= 0.3 is 11.8 Å². The average Bonchev–Trinajstić information content (AvgIpc) is 3.27. The second-order valence-corrected chi connectivity index (χ2v) is 10.8. The third-order valence-electron chi connectivity index (χ3n) is 6.11. The van der Waals surface area contributed by atoms with Crippen LogP contribution in [0.5, 0.6) is 0 Å². The van der Waals surface area contributed by atoms with Crippen LogP contribution >= 0.6 is 11.3 Å². The van der Waals surface area contributed by atoms with Gasteiger partial charge in [-0.05, 0) is 64.4 Å². The summed E-state index contributed by atoms with van der Waals surface area (Å²) in [6.07, 6.45) is 5.23. The average molecular weight is 454 g/mol. The van der Waals surface area contributed by atoms with Gasteiger partial charge in [0.25, 0.3) is 0 Å². The summed E-state index contributed by atoms with van der Waals surface area (Å²) in [4.78, 5) is 38.9. The first kappa shape index (κ1) is 22.6. The van der Waals surface area contributed by atoms with E-state index in [9.17, 15) is 9.59 Å². The summed E-state index contributed by atoms with van der Waals surface area (Å²) in [5.41, 5.74) is 2.25. The van der Waals surface area contributed by atoms with Gasteiger partial charge in [0.15, 0.2) is 0 Å². The van der Waals surface area contributed by atoms with Crippen molar-refractivity contribution in [1.82, 2.24) is 20.1 Å². The standard InChI is InChI=1S/C24H31N5O2S/c1-15-6-8-18(16-7-9-19-17(10-16)26-21(32-19)13-28(4)5)29(12-15)23(31)22(30)27-20-11-25-14-24(20,2)3/h7,9-11,14-15,18H,6,8,12-13H2,1-5H3,(H,27,30)/t15?,18-/m1/s1. The molecule has 8 heteroatoms. The molecule has 4 rings (SSSR count). The number of benzene rings is 1. The van der Waals surface area contributed by atoms with Gasteiger partial charge in [-0.15, -0.1) is 11.3 Å². The largest absolute Gasteiger partial charge is 0.327 e. The van der Waals surface area contributed by atoms with Crippen LogP contribution in [0, 0.1) is 11.3 Å². The van der Waals surface area contributed by atoms with Gasteiger partial charge in [-0.2, -0.15) is 0 Å². The molecule has 1 aromatic carbocycles. The molecule has 1 fully saturated rings. The lowest BCUT2D eigenvalue weighted by Gasteiger charge is -2.38. The summed E-state index contributed by atoms with van der Waals surface area (Å²) >= 11 is 1.70. The zero-order chi connectivity index (χ0) is 23.0. The van der Waals surface area contributed by atoms with Gasteiger partial charge in [-0.1, -0.05) is 13.0 Å². The van der Waals surface area contributed by atoms with Crippen molar-refractivity contribution in [3.05, 3.63) is 40.7 Å². The predicted molar refractivity (Wildman–Crippen MR) is 128 cm³/mol. The van der Waals surface area contributed by atoms with Gasteiger partial charge in [0.2, 0.25) is 0 Å². The quantitative estimate of drug-likeness (QED) is 0.716. The Balaban J connectivity index is 1.57. The van der Waals surface area contributed by atoms with Crippen LogP contribution in [-0.4, -0.2) is 53.5 Å². The van der Waals surface area contributed by atoms with Gasteiger partial charge in [0, 0.05) is 36.6 Å². The molecule has 0 bridgehead atoms. The molecular formula is C24H31N5O2S. The summed E-state index contributed by atoms with van der Waals surface area (Å²) in [5, 5.41) is 3.87. The van der Waals surface area contributed by atoms with E-state index in [0.29, 0.717) is 18.2 Å². The minimum absolute atomic E-state index is 0.130. The highest BCUT2D eigenvalue weighted by Crippen LogP contribution is 2.36. The number of allylic oxidation sites excluding steroid dienone is 1. The molecule has 32 heavy (non-hydrogen) atoms. The molecule has 2 aliphatic rings. The molecule has 170 valence electrons. The summed E-state index contributed by atoms with van der Waals surface area (Å²) < 4.78 is 1.14. The van der Waals surface area contributed by atoms with Crippen LogP contribution in [-0.2, 0) is 16.1 Å². The van der Waals surface area contributed by atoms with E-state index in [4.69, 9.17) is 4.98 Å². The molecule has 2 aromatic rings. The second kappa shape index (κ2) is 8.75. The van der Waals surface area contributed by atoms with Gasteiger partial charge in [0.05, 0.1) is 16.3 Å². The number of hydrogen-bond acceptors (Lipinski definition) is 6. The summed E-state index contributed by atoms with van der Waals surface area (Å²) in [6.45, 7) is 7.41. The number of amides is 2. The van der Waals surface area contributed by atoms with Crippen molar-refractivity contribution >= 4 is 39.6 Å². The number of nitrogens with zero attached hydrogens (tertiary/aromatic N) is 4. The normalized spacial score (nSPS) is 22.4. The molecule has 2 atom stereocenters. The van der Waals surface area contributed by atoms with Crippen molar-refractivity contribution in [2.45, 2.75) is 46.2 Å². The van der Waals surface area contributed by atoms with Crippen molar-refractivity contribution in [3.63, 3.8) is 0 Å². The first-order valence-corrected chi connectivity index (χ1v) is 11.9. The first-order chi connectivity index (χ1) is 15.1. The third-order valence-corrected chi connectivity index (χ3v) is 7.13. The summed E-state index contributed by atoms with van der Waals surface area (Å²) in [7, 11) is 4.06. The zero-order valence-electron chi connectivity index (χ0n) is 19.4. The minimum atomic E-state index is -0.600. The zero-order valence-corrected chi connectivity index (χ0v) is 20.2. The summed E-state index contributed by atoms with van der Waals surface area (Å²) in [6, 6.07) is 6.12. The Morgan fingerprint density at radius 3 is 2.75 bits per heavy atom. The lowest BCUT2D eigenvalue weighted by Crippen LogP contribution is -2.49. The van der Waals surface area contributed by atoms with E-state index in [1.54, 1.807) is 28.7 Å². The Morgan fingerprint density at radius 1 is 1.28 bits per heavy atom. The SMILES string of the molecule is CC1CC[C@H](c2ccc3sc(CN(C)C)nc3c2)N(C(=O)C(=O)NC2=CN=CC2(C)C)C1. The number of carbonyl (C=O) groups excluding carboxylic acids is 2. The van der Waals surface area contributed by atoms with Crippen molar-refractivity contribution < 1.29 is 9.59 Å². The van der Waals surface area contributed by atoms with Crippen molar-refractivity contribution in [3.8, 4) is 0 Å². The third kappa shape index (κ3) is 4.61. The van der Waals surface area contributed by atoms with Gasteiger partial charge in [-0.3, -0.25) is 14.6 Å². The first-order valence-electron chi connectivity index (χ1n) is 11.0. The van der Waals surface area contributed by atoms with Crippen molar-refractivity contribution in [1.29, 1.82) is 0 Å². The number of likely N-dealkylation sites (tertiary alicyclic amines) is 1. The second-order valence-electron chi connectivity index (χ2n) is 9.73. The molecule has 1 saturated heterocycles. The molecule has 1 unspecified atom stereocenters. The van der Waals surface area contributed by atoms with Crippen molar-refractivity contribution in [2.75, 3.05) is 20.6 Å². The molecule has 1 N–H and O–H groups in total. The topological polar surface area (TPSA) is 77.9 Å². The van der Waals surface area contributed by atoms with Crippen LogP contribution in [0.1, 0.15) is 50.2 Å². The lowest BCUT2D eigenvalue weighted by molar-refractivity contribution is -0.148. The Bertz CT molecular complexity index is 1100. The number of nitrogens with one attached hydrogen (secondary N) is 1. The summed E-state index contributed by atoms with van der Waals surface area (Å²) in [5.74, 6) is -0.739. The maximum Gasteiger partial charge on any atom is 0.313 e. The number of thiazole rings is 1. The minimum Gasteiger partial charge on any atom is -0.327 e. The van der Waals surface area contributed by atoms with Crippen LogP contribution in [0.3, 0.4) is 0 Å². The molecule has 0 aliphatic carbocycles. The maximum atomic E-state index is 13.2. The lowest BCUT2D eigenvalue weighted by atomic mass is 9.89. The molecule has 2 aliphatic heterocycles. The van der Waals surface area contributed by atoms with E-state index < -0.39 is 11.8 Å². The van der Waals surface area contributed by atoms with E-state index in [0.717, 1.165) is 40.2 Å². The molecule has 0 radical (unpaired) electrons. The number of fused-ring (bicyclic) bond motifs is 1. The highest BCUT2D eigenvalue weighted by molar-refractivity contribution is 7.18. The molecule has 0 spiro atoms. The van der Waals surface area contributed by atoms with Crippen molar-refractivity contribution in [2.24, 2.45) is 16.3 Å². The number of rotatable bonds is 4. The Kier molecular flexibility index (Phi) is 6.18. The molecule has 1 aromatic heterocycles. The molecule has 3 heterocycles. The van der Waals surface area contributed by atoms with Crippen LogP contribution in [0.15, 0.2) is 35.1 Å². The van der Waals surface area contributed by atoms with E-state index in [-0.39, 0.29) is 11.5 Å². The molecule has 7 nitrogen and oxygen atoms in total. The molecular weight excluding hydrogens is 422 g/mol. The van der Waals surface area contributed by atoms with Crippen LogP contribution in [0.25, 0.3) is 10.2 Å². The van der Waals surface area contributed by atoms with E-state index >= 15 is 0 Å². The van der Waals surface area contributed by atoms with Gasteiger partial charge in [-0.25, -0.2) is 4.98 Å². The molecule has 0 saturated carbocycles. The van der Waals surface area contributed by atoms with E-state index in [2.05, 4.69) is 40.3 Å². The van der Waals surface area contributed by atoms with E-state index in [1.807, 2.05) is 27.9 Å². The van der Waals surface area contributed by atoms with Gasteiger partial charge in [0.1, 0.15) is 5.01 Å². The number of piperidine rings is 1. The fourth-order valence-corrected chi connectivity index (χ4v) is 5.36. The number of hydrogen-bond donors (Lipinski definition) is 1. The Hall–Kier alpha value is -2.58. The van der Waals surface area contributed by atoms with Crippen LogP contribution in [0.4, 0.5) is 0 Å². The number of carbonyl (C=O) groups is 2. The fourth-order valence-electron chi connectivity index (χ4n) is 4.29. The predicted octanol–water partition coefficient (Wildman–Crippen LogP) is 3.73. The molecule has 2 amide bonds. The highest BCUT2D eigenvalue weighted by atomic mass is 32.1. The smallest absolute Gasteiger partial charge is 0.313 e. The Morgan fingerprint density at radius 2 is 2.06 bits per heavy atom. The highest BCUT2D eigenvalue weighted by Gasteiger charge is 2.36. The number of aromatic nitrogens is 1. The van der Waals surface area contributed by atoms with Gasteiger partial charge < -0.3 is 15.1 Å². The monoisotopic (exact) mass is 453 g/mol. The Labute approximate surface area is 193 Å². The van der Waals surface area contributed by atoms with Crippen LogP contribution < -0.4 is 5.32 Å². The number of aliphatic imine (C=N–C) groups is 1. The van der Waals surface area contributed by atoms with E-state index in [1.165, 1.54) is 0 Å².